The molecule has 2 aliphatic rings. The third-order valence-corrected chi connectivity index (χ3v) is 3.95. The number of hydrogen-bond donors (Lipinski definition) is 2. The minimum Gasteiger partial charge on any atom is -0.481 e. The van der Waals surface area contributed by atoms with Crippen LogP contribution >= 0.6 is 0 Å². The Morgan fingerprint density at radius 3 is 2.47 bits per heavy atom. The number of carbonyl (C=O) groups is 2. The molecule has 2 N–H and O–H groups in total. The van der Waals surface area contributed by atoms with Gasteiger partial charge in [0.05, 0.1) is 6.42 Å². The summed E-state index contributed by atoms with van der Waals surface area (Å²) < 4.78 is 0. The quantitative estimate of drug-likeness (QED) is 0.709. The second kappa shape index (κ2) is 6.26. The molecule has 0 aromatic heterocycles. The number of aliphatic carboxylic acids is 1. The number of amides is 2. The van der Waals surface area contributed by atoms with E-state index in [9.17, 15) is 9.59 Å². The maximum atomic E-state index is 12.2. The molecule has 0 saturated heterocycles. The highest BCUT2D eigenvalue weighted by atomic mass is 16.4. The molecule has 1 atom stereocenters. The van der Waals surface area contributed by atoms with Gasteiger partial charge in [-0.1, -0.05) is 19.8 Å². The van der Waals surface area contributed by atoms with Crippen molar-refractivity contribution >= 4 is 12.0 Å². The van der Waals surface area contributed by atoms with E-state index in [-0.39, 0.29) is 24.5 Å². The van der Waals surface area contributed by atoms with Crippen molar-refractivity contribution in [1.82, 2.24) is 10.2 Å². The maximum absolute atomic E-state index is 12.2. The Kier molecular flexibility index (Phi) is 4.66. The van der Waals surface area contributed by atoms with Crippen molar-refractivity contribution in [1.29, 1.82) is 0 Å². The van der Waals surface area contributed by atoms with Crippen LogP contribution in [0.1, 0.15) is 51.9 Å². The van der Waals surface area contributed by atoms with Crippen molar-refractivity contribution in [3.05, 3.63) is 0 Å². The van der Waals surface area contributed by atoms with Crippen LogP contribution in [-0.2, 0) is 4.79 Å². The molecule has 2 amide bonds. The van der Waals surface area contributed by atoms with Crippen molar-refractivity contribution in [2.75, 3.05) is 6.54 Å². The molecule has 0 radical (unpaired) electrons. The Bertz CT molecular complexity index is 338. The highest BCUT2D eigenvalue weighted by molar-refractivity contribution is 5.76. The van der Waals surface area contributed by atoms with Gasteiger partial charge in [-0.15, -0.1) is 0 Å². The van der Waals surface area contributed by atoms with Crippen molar-refractivity contribution in [3.8, 4) is 0 Å². The largest absolute Gasteiger partial charge is 0.481 e. The zero-order valence-corrected chi connectivity index (χ0v) is 11.6. The van der Waals surface area contributed by atoms with Crippen LogP contribution in [0.3, 0.4) is 0 Å². The van der Waals surface area contributed by atoms with E-state index in [0.717, 1.165) is 31.6 Å². The molecular weight excluding hydrogens is 244 g/mol. The van der Waals surface area contributed by atoms with E-state index in [4.69, 9.17) is 5.11 Å². The van der Waals surface area contributed by atoms with Crippen LogP contribution in [0.2, 0.25) is 0 Å². The van der Waals surface area contributed by atoms with Gasteiger partial charge in [-0.05, 0) is 31.6 Å². The first-order valence-corrected chi connectivity index (χ1v) is 7.39. The standard InChI is InChI=1S/C14H24N2O3/c1-2-11(9-10-3-4-10)15-14(19)16(12-5-6-12)8-7-13(17)18/h10-12H,2-9H2,1H3,(H,15,19)(H,17,18). The average Bonchev–Trinajstić information content (AvgIpc) is 3.22. The number of carboxylic acid groups (broad SMARTS) is 1. The van der Waals surface area contributed by atoms with E-state index in [2.05, 4.69) is 12.2 Å². The summed E-state index contributed by atoms with van der Waals surface area (Å²) in [5.41, 5.74) is 0. The number of carboxylic acids is 1. The summed E-state index contributed by atoms with van der Waals surface area (Å²) in [7, 11) is 0. The second-order valence-corrected chi connectivity index (χ2v) is 5.80. The summed E-state index contributed by atoms with van der Waals surface area (Å²) in [6.45, 7) is 2.41. The zero-order chi connectivity index (χ0) is 13.8. The number of nitrogens with zero attached hydrogens (tertiary/aromatic N) is 1. The molecule has 2 fully saturated rings. The predicted molar refractivity (Wildman–Crippen MR) is 71.9 cm³/mol. The lowest BCUT2D eigenvalue weighted by Crippen LogP contribution is -2.46. The Morgan fingerprint density at radius 2 is 2.00 bits per heavy atom. The molecule has 0 bridgehead atoms. The van der Waals surface area contributed by atoms with Gasteiger partial charge in [0.1, 0.15) is 0 Å². The smallest absolute Gasteiger partial charge is 0.317 e. The van der Waals surface area contributed by atoms with Gasteiger partial charge in [0.25, 0.3) is 0 Å². The lowest BCUT2D eigenvalue weighted by atomic mass is 10.1. The van der Waals surface area contributed by atoms with E-state index < -0.39 is 5.97 Å². The van der Waals surface area contributed by atoms with Gasteiger partial charge in [-0.25, -0.2) is 4.79 Å². The van der Waals surface area contributed by atoms with E-state index in [1.54, 1.807) is 4.90 Å². The van der Waals surface area contributed by atoms with Gasteiger partial charge in [-0.2, -0.15) is 0 Å². The van der Waals surface area contributed by atoms with Gasteiger partial charge >= 0.3 is 12.0 Å². The van der Waals surface area contributed by atoms with Crippen LogP contribution in [0.5, 0.6) is 0 Å². The highest BCUT2D eigenvalue weighted by Gasteiger charge is 2.34. The lowest BCUT2D eigenvalue weighted by Gasteiger charge is -2.25. The molecule has 1 unspecified atom stereocenters. The lowest BCUT2D eigenvalue weighted by molar-refractivity contribution is -0.137. The Labute approximate surface area is 114 Å². The highest BCUT2D eigenvalue weighted by Crippen LogP contribution is 2.34. The summed E-state index contributed by atoms with van der Waals surface area (Å²) in [5, 5.41) is 11.8. The van der Waals surface area contributed by atoms with E-state index in [1.807, 2.05) is 0 Å². The van der Waals surface area contributed by atoms with Gasteiger partial charge in [0, 0.05) is 18.6 Å². The number of rotatable bonds is 8. The Morgan fingerprint density at radius 1 is 1.32 bits per heavy atom. The fraction of sp³-hybridized carbons (Fsp3) is 0.857. The van der Waals surface area contributed by atoms with E-state index in [0.29, 0.717) is 6.54 Å². The summed E-state index contributed by atoms with van der Waals surface area (Å²) in [5.74, 6) is -0.0536. The number of urea groups is 1. The SMILES string of the molecule is CCC(CC1CC1)NC(=O)N(CCC(=O)O)C1CC1. The maximum Gasteiger partial charge on any atom is 0.317 e. The molecule has 0 aromatic carbocycles. The van der Waals surface area contributed by atoms with E-state index in [1.165, 1.54) is 12.8 Å². The molecule has 2 saturated carbocycles. The van der Waals surface area contributed by atoms with Crippen LogP contribution in [0, 0.1) is 5.92 Å². The van der Waals surface area contributed by atoms with E-state index >= 15 is 0 Å². The molecule has 5 nitrogen and oxygen atoms in total. The fourth-order valence-electron chi connectivity index (χ4n) is 2.39. The molecule has 108 valence electrons. The zero-order valence-electron chi connectivity index (χ0n) is 11.6. The van der Waals surface area contributed by atoms with Crippen LogP contribution in [0.4, 0.5) is 4.79 Å². The predicted octanol–water partition coefficient (Wildman–Crippen LogP) is 2.21. The first-order chi connectivity index (χ1) is 9.10. The third kappa shape index (κ3) is 4.73. The molecule has 5 heteroatoms. The molecule has 0 aliphatic heterocycles. The molecule has 0 spiro atoms. The summed E-state index contributed by atoms with van der Waals surface area (Å²) in [4.78, 5) is 24.6. The molecule has 2 rings (SSSR count). The van der Waals surface area contributed by atoms with Crippen LogP contribution in [-0.4, -0.2) is 40.6 Å². The minimum atomic E-state index is -0.844. The number of carbonyl (C=O) groups excluding carboxylic acids is 1. The minimum absolute atomic E-state index is 0.0311. The second-order valence-electron chi connectivity index (χ2n) is 5.80. The summed E-state index contributed by atoms with van der Waals surface area (Å²) >= 11 is 0. The normalized spacial score (nSPS) is 19.8. The molecule has 2 aliphatic carbocycles. The number of nitrogens with one attached hydrogen (secondary N) is 1. The summed E-state index contributed by atoms with van der Waals surface area (Å²) in [6.07, 6.45) is 6.64. The van der Waals surface area contributed by atoms with Crippen molar-refractivity contribution in [2.24, 2.45) is 5.92 Å². The molecule has 0 aromatic rings. The Balaban J connectivity index is 1.81. The first kappa shape index (κ1) is 14.2. The van der Waals surface area contributed by atoms with Crippen LogP contribution < -0.4 is 5.32 Å². The Hall–Kier alpha value is -1.26. The van der Waals surface area contributed by atoms with Crippen LogP contribution in [0.25, 0.3) is 0 Å². The van der Waals surface area contributed by atoms with Gasteiger partial charge in [-0.3, -0.25) is 4.79 Å². The molecule has 0 heterocycles. The number of hydrogen-bond acceptors (Lipinski definition) is 2. The molecule has 19 heavy (non-hydrogen) atoms. The van der Waals surface area contributed by atoms with Crippen molar-refractivity contribution < 1.29 is 14.7 Å². The fourth-order valence-corrected chi connectivity index (χ4v) is 2.39. The van der Waals surface area contributed by atoms with Crippen LogP contribution in [0.15, 0.2) is 0 Å². The first-order valence-electron chi connectivity index (χ1n) is 7.39. The van der Waals surface area contributed by atoms with Crippen molar-refractivity contribution in [2.45, 2.75) is 64.0 Å². The van der Waals surface area contributed by atoms with Crippen molar-refractivity contribution in [3.63, 3.8) is 0 Å². The summed E-state index contributed by atoms with van der Waals surface area (Å²) in [6, 6.07) is 0.431. The average molecular weight is 268 g/mol. The van der Waals surface area contributed by atoms with Gasteiger partial charge in [0.2, 0.25) is 0 Å². The monoisotopic (exact) mass is 268 g/mol. The third-order valence-electron chi connectivity index (χ3n) is 3.95. The topological polar surface area (TPSA) is 69.6 Å². The van der Waals surface area contributed by atoms with Gasteiger partial charge in [0.15, 0.2) is 0 Å². The molecular formula is C14H24N2O3. The van der Waals surface area contributed by atoms with Gasteiger partial charge < -0.3 is 15.3 Å².